The van der Waals surface area contributed by atoms with Crippen molar-refractivity contribution in [2.24, 2.45) is 5.92 Å². The Morgan fingerprint density at radius 2 is 2.04 bits per heavy atom. The van der Waals surface area contributed by atoms with Crippen LogP contribution in [0.15, 0.2) is 18.3 Å². The van der Waals surface area contributed by atoms with Gasteiger partial charge in [-0.3, -0.25) is 4.79 Å². The zero-order chi connectivity index (χ0) is 16.7. The monoisotopic (exact) mass is 322 g/mol. The number of anilines is 1. The highest BCUT2D eigenvalue weighted by atomic mass is 16.5. The van der Waals surface area contributed by atoms with Gasteiger partial charge in [-0.15, -0.1) is 0 Å². The van der Waals surface area contributed by atoms with Crippen LogP contribution in [0.4, 0.5) is 5.69 Å². The van der Waals surface area contributed by atoms with E-state index < -0.39 is 5.60 Å². The highest BCUT2D eigenvalue weighted by Gasteiger charge is 2.41. The topological polar surface area (TPSA) is 69.7 Å². The summed E-state index contributed by atoms with van der Waals surface area (Å²) >= 11 is 0. The van der Waals surface area contributed by atoms with Crippen molar-refractivity contribution in [1.29, 1.82) is 0 Å². The second-order valence-electron chi connectivity index (χ2n) is 6.06. The minimum Gasteiger partial charge on any atom is -0.475 e. The van der Waals surface area contributed by atoms with Gasteiger partial charge in [-0.25, -0.2) is 4.98 Å². The van der Waals surface area contributed by atoms with Crippen molar-refractivity contribution in [3.63, 3.8) is 0 Å². The summed E-state index contributed by atoms with van der Waals surface area (Å²) in [6.07, 6.45) is 5.11. The number of hydrogen-bond acceptors (Lipinski definition) is 5. The molecule has 6 nitrogen and oxygen atoms in total. The Labute approximate surface area is 137 Å². The van der Waals surface area contributed by atoms with E-state index in [1.165, 1.54) is 0 Å². The number of hydrogen-bond donors (Lipinski definition) is 1. The maximum atomic E-state index is 12.6. The van der Waals surface area contributed by atoms with Gasteiger partial charge in [0, 0.05) is 20.3 Å². The molecule has 2 rings (SSSR count). The Bertz CT molecular complexity index is 496. The van der Waals surface area contributed by atoms with Crippen LogP contribution < -0.4 is 10.1 Å². The van der Waals surface area contributed by atoms with Crippen molar-refractivity contribution >= 4 is 11.6 Å². The van der Waals surface area contributed by atoms with Crippen LogP contribution in [-0.4, -0.2) is 43.9 Å². The molecule has 0 aromatic carbocycles. The minimum absolute atomic E-state index is 0.0956. The van der Waals surface area contributed by atoms with Gasteiger partial charge in [0.05, 0.1) is 18.5 Å². The zero-order valence-electron chi connectivity index (χ0n) is 14.1. The largest absolute Gasteiger partial charge is 0.475 e. The Balaban J connectivity index is 1.93. The van der Waals surface area contributed by atoms with E-state index in [1.54, 1.807) is 32.5 Å². The summed E-state index contributed by atoms with van der Waals surface area (Å²) in [7, 11) is 3.23. The van der Waals surface area contributed by atoms with E-state index in [0.29, 0.717) is 30.7 Å². The van der Waals surface area contributed by atoms with E-state index in [1.807, 2.05) is 0 Å². The lowest BCUT2D eigenvalue weighted by Gasteiger charge is -2.36. The van der Waals surface area contributed by atoms with E-state index in [0.717, 1.165) is 25.7 Å². The summed E-state index contributed by atoms with van der Waals surface area (Å²) in [6, 6.07) is 3.51. The van der Waals surface area contributed by atoms with E-state index in [2.05, 4.69) is 17.2 Å². The smallest absolute Gasteiger partial charge is 0.256 e. The lowest BCUT2D eigenvalue weighted by atomic mass is 9.79. The summed E-state index contributed by atoms with van der Waals surface area (Å²) < 4.78 is 15.9. The number of amides is 1. The molecule has 0 bridgehead atoms. The minimum atomic E-state index is -0.722. The third kappa shape index (κ3) is 4.65. The maximum absolute atomic E-state index is 12.6. The Hall–Kier alpha value is -1.66. The molecule has 1 aromatic rings. The van der Waals surface area contributed by atoms with Gasteiger partial charge >= 0.3 is 0 Å². The van der Waals surface area contributed by atoms with Crippen molar-refractivity contribution in [2.75, 3.05) is 32.8 Å². The summed E-state index contributed by atoms with van der Waals surface area (Å²) in [4.78, 5) is 16.8. The third-order valence-electron chi connectivity index (χ3n) is 4.42. The van der Waals surface area contributed by atoms with E-state index >= 15 is 0 Å². The molecule has 6 heteroatoms. The fourth-order valence-electron chi connectivity index (χ4n) is 2.77. The molecule has 0 radical (unpaired) electrons. The van der Waals surface area contributed by atoms with Crippen molar-refractivity contribution in [3.8, 4) is 5.88 Å². The molecule has 1 N–H and O–H groups in total. The van der Waals surface area contributed by atoms with E-state index in [4.69, 9.17) is 14.2 Å². The number of carbonyl (C=O) groups is 1. The molecule has 1 aliphatic carbocycles. The molecule has 0 aliphatic heterocycles. The second kappa shape index (κ2) is 8.26. The van der Waals surface area contributed by atoms with E-state index in [-0.39, 0.29) is 5.91 Å². The molecule has 1 aliphatic rings. The average molecular weight is 322 g/mol. The first-order valence-corrected chi connectivity index (χ1v) is 8.04. The average Bonchev–Trinajstić information content (AvgIpc) is 2.57. The lowest BCUT2D eigenvalue weighted by Crippen LogP contribution is -2.47. The maximum Gasteiger partial charge on any atom is 0.256 e. The number of rotatable bonds is 7. The molecule has 1 amide bonds. The van der Waals surface area contributed by atoms with Gasteiger partial charge < -0.3 is 19.5 Å². The molecule has 0 atom stereocenters. The van der Waals surface area contributed by atoms with Gasteiger partial charge in [0.2, 0.25) is 5.88 Å². The summed E-state index contributed by atoms with van der Waals surface area (Å²) in [6.45, 7) is 3.17. The van der Waals surface area contributed by atoms with Gasteiger partial charge in [0.15, 0.2) is 0 Å². The van der Waals surface area contributed by atoms with Crippen molar-refractivity contribution in [3.05, 3.63) is 18.3 Å². The standard InChI is InChI=1S/C17H26N2O4/c1-13-6-8-17(22-3,9-7-13)16(20)19-14-4-5-15(18-12-14)23-11-10-21-2/h4-5,12-13H,6-11H2,1-3H3,(H,19,20). The Morgan fingerprint density at radius 3 is 2.61 bits per heavy atom. The van der Waals surface area contributed by atoms with Crippen LogP contribution in [0.3, 0.4) is 0 Å². The Morgan fingerprint density at radius 1 is 1.30 bits per heavy atom. The van der Waals surface area contributed by atoms with Crippen molar-refractivity contribution in [2.45, 2.75) is 38.2 Å². The van der Waals surface area contributed by atoms with Crippen LogP contribution in [0, 0.1) is 5.92 Å². The number of ether oxygens (including phenoxy) is 3. The van der Waals surface area contributed by atoms with Crippen LogP contribution in [-0.2, 0) is 14.3 Å². The summed E-state index contributed by atoms with van der Waals surface area (Å²) in [5.74, 6) is 1.06. The second-order valence-corrected chi connectivity index (χ2v) is 6.06. The number of carbonyl (C=O) groups excluding carboxylic acids is 1. The normalized spacial score (nSPS) is 24.2. The molecule has 1 saturated carbocycles. The van der Waals surface area contributed by atoms with Crippen LogP contribution >= 0.6 is 0 Å². The highest BCUT2D eigenvalue weighted by molar-refractivity contribution is 5.97. The summed E-state index contributed by atoms with van der Waals surface area (Å²) in [5, 5.41) is 2.91. The summed E-state index contributed by atoms with van der Waals surface area (Å²) in [5.41, 5.74) is -0.0794. The highest BCUT2D eigenvalue weighted by Crippen LogP contribution is 2.35. The fraction of sp³-hybridized carbons (Fsp3) is 0.647. The molecule has 0 saturated heterocycles. The van der Waals surface area contributed by atoms with Gasteiger partial charge in [-0.2, -0.15) is 0 Å². The zero-order valence-corrected chi connectivity index (χ0v) is 14.1. The molecule has 128 valence electrons. The number of pyridine rings is 1. The molecule has 0 spiro atoms. The molecule has 1 aromatic heterocycles. The number of nitrogens with one attached hydrogen (secondary N) is 1. The SMILES string of the molecule is COCCOc1ccc(NC(=O)C2(OC)CCC(C)CC2)cn1. The number of methoxy groups -OCH3 is 2. The van der Waals surface area contributed by atoms with Gasteiger partial charge in [-0.1, -0.05) is 6.92 Å². The van der Waals surface area contributed by atoms with Gasteiger partial charge in [0.25, 0.3) is 5.91 Å². The predicted molar refractivity (Wildman–Crippen MR) is 87.6 cm³/mol. The first-order valence-electron chi connectivity index (χ1n) is 8.04. The van der Waals surface area contributed by atoms with Gasteiger partial charge in [0.1, 0.15) is 12.2 Å². The molecule has 1 fully saturated rings. The van der Waals surface area contributed by atoms with Crippen molar-refractivity contribution in [1.82, 2.24) is 4.98 Å². The number of aromatic nitrogens is 1. The third-order valence-corrected chi connectivity index (χ3v) is 4.42. The predicted octanol–water partition coefficient (Wildman–Crippen LogP) is 2.64. The fourth-order valence-corrected chi connectivity index (χ4v) is 2.77. The van der Waals surface area contributed by atoms with E-state index in [9.17, 15) is 4.79 Å². The van der Waals surface area contributed by atoms with Crippen LogP contribution in [0.25, 0.3) is 0 Å². The molecule has 1 heterocycles. The van der Waals surface area contributed by atoms with Crippen LogP contribution in [0.5, 0.6) is 5.88 Å². The quantitative estimate of drug-likeness (QED) is 0.782. The molecule has 23 heavy (non-hydrogen) atoms. The van der Waals surface area contributed by atoms with Crippen molar-refractivity contribution < 1.29 is 19.0 Å². The first kappa shape index (κ1) is 17.7. The lowest BCUT2D eigenvalue weighted by molar-refractivity contribution is -0.142. The first-order chi connectivity index (χ1) is 11.1. The molecular formula is C17H26N2O4. The molecular weight excluding hydrogens is 296 g/mol. The van der Waals surface area contributed by atoms with Crippen LogP contribution in [0.1, 0.15) is 32.6 Å². The molecule has 0 unspecified atom stereocenters. The number of nitrogens with zero attached hydrogens (tertiary/aromatic N) is 1. The van der Waals surface area contributed by atoms with Gasteiger partial charge in [-0.05, 0) is 37.7 Å². The Kier molecular flexibility index (Phi) is 6.36. The van der Waals surface area contributed by atoms with Crippen LogP contribution in [0.2, 0.25) is 0 Å².